The zero-order chi connectivity index (χ0) is 10.8. The zero-order valence-electron chi connectivity index (χ0n) is 8.92. The second-order valence-corrected chi connectivity index (χ2v) is 4.78. The SMILES string of the molecule is C=C(Cl)CNCc1ccc(C2CC2C)o1. The van der Waals surface area contributed by atoms with Crippen molar-refractivity contribution in [3.8, 4) is 0 Å². The van der Waals surface area contributed by atoms with Gasteiger partial charge in [0.25, 0.3) is 0 Å². The molecule has 1 aromatic rings. The Labute approximate surface area is 95.3 Å². The smallest absolute Gasteiger partial charge is 0.117 e. The molecule has 2 atom stereocenters. The van der Waals surface area contributed by atoms with Crippen LogP contribution >= 0.6 is 11.6 Å². The number of nitrogens with one attached hydrogen (secondary N) is 1. The molecule has 2 nitrogen and oxygen atoms in total. The second kappa shape index (κ2) is 4.42. The highest BCUT2D eigenvalue weighted by Gasteiger charge is 2.36. The first-order chi connectivity index (χ1) is 7.16. The number of rotatable bonds is 5. The lowest BCUT2D eigenvalue weighted by Crippen LogP contribution is -2.13. The lowest BCUT2D eigenvalue weighted by Gasteiger charge is -1.99. The van der Waals surface area contributed by atoms with Crippen LogP contribution in [0.5, 0.6) is 0 Å². The van der Waals surface area contributed by atoms with Crippen LogP contribution in [-0.2, 0) is 6.54 Å². The van der Waals surface area contributed by atoms with Crippen molar-refractivity contribution in [1.29, 1.82) is 0 Å². The maximum atomic E-state index is 5.72. The largest absolute Gasteiger partial charge is 0.464 e. The Bertz CT molecular complexity index is 358. The molecule has 3 heteroatoms. The molecule has 1 aliphatic rings. The fraction of sp³-hybridized carbons (Fsp3) is 0.500. The summed E-state index contributed by atoms with van der Waals surface area (Å²) in [6.07, 6.45) is 1.26. The van der Waals surface area contributed by atoms with Crippen LogP contribution in [0.25, 0.3) is 0 Å². The molecule has 1 heterocycles. The van der Waals surface area contributed by atoms with Gasteiger partial charge < -0.3 is 9.73 Å². The van der Waals surface area contributed by atoms with Crippen molar-refractivity contribution in [3.63, 3.8) is 0 Å². The van der Waals surface area contributed by atoms with Gasteiger partial charge in [-0.15, -0.1) is 0 Å². The maximum Gasteiger partial charge on any atom is 0.117 e. The van der Waals surface area contributed by atoms with Gasteiger partial charge in [-0.25, -0.2) is 0 Å². The van der Waals surface area contributed by atoms with E-state index in [0.717, 1.165) is 17.4 Å². The van der Waals surface area contributed by atoms with Gasteiger partial charge in [0.2, 0.25) is 0 Å². The van der Waals surface area contributed by atoms with Gasteiger partial charge in [0.15, 0.2) is 0 Å². The van der Waals surface area contributed by atoms with Crippen molar-refractivity contribution >= 4 is 11.6 Å². The summed E-state index contributed by atoms with van der Waals surface area (Å²) in [6, 6.07) is 4.12. The van der Waals surface area contributed by atoms with Crippen LogP contribution in [0.1, 0.15) is 30.8 Å². The quantitative estimate of drug-likeness (QED) is 0.832. The molecule has 1 N–H and O–H groups in total. The van der Waals surface area contributed by atoms with E-state index in [9.17, 15) is 0 Å². The molecule has 1 saturated carbocycles. The Balaban J connectivity index is 1.82. The first kappa shape index (κ1) is 10.8. The summed E-state index contributed by atoms with van der Waals surface area (Å²) in [5.41, 5.74) is 0. The highest BCUT2D eigenvalue weighted by atomic mass is 35.5. The Morgan fingerprint density at radius 1 is 1.67 bits per heavy atom. The van der Waals surface area contributed by atoms with E-state index >= 15 is 0 Å². The molecule has 2 unspecified atom stereocenters. The molecule has 1 aromatic heterocycles. The van der Waals surface area contributed by atoms with Crippen LogP contribution in [0.4, 0.5) is 0 Å². The molecule has 0 spiro atoms. The zero-order valence-corrected chi connectivity index (χ0v) is 9.68. The lowest BCUT2D eigenvalue weighted by atomic mass is 10.3. The van der Waals surface area contributed by atoms with Crippen LogP contribution in [0.3, 0.4) is 0 Å². The van der Waals surface area contributed by atoms with Gasteiger partial charge in [0.05, 0.1) is 6.54 Å². The fourth-order valence-electron chi connectivity index (χ4n) is 1.73. The molecule has 82 valence electrons. The van der Waals surface area contributed by atoms with Gasteiger partial charge in [-0.2, -0.15) is 0 Å². The lowest BCUT2D eigenvalue weighted by molar-refractivity contribution is 0.448. The molecule has 2 rings (SSSR count). The molecular formula is C12H16ClNO. The predicted octanol–water partition coefficient (Wildman–Crippen LogP) is 3.25. The Kier molecular flexibility index (Phi) is 3.17. The predicted molar refractivity (Wildman–Crippen MR) is 61.9 cm³/mol. The molecule has 0 saturated heterocycles. The van der Waals surface area contributed by atoms with Crippen LogP contribution < -0.4 is 5.32 Å². The molecule has 0 aromatic carbocycles. The van der Waals surface area contributed by atoms with Crippen molar-refractivity contribution in [2.75, 3.05) is 6.54 Å². The molecular weight excluding hydrogens is 210 g/mol. The van der Waals surface area contributed by atoms with Crippen molar-refractivity contribution in [2.24, 2.45) is 5.92 Å². The minimum atomic E-state index is 0.622. The normalized spacial score (nSPS) is 24.1. The molecule has 15 heavy (non-hydrogen) atoms. The highest BCUT2D eigenvalue weighted by molar-refractivity contribution is 6.29. The molecule has 0 radical (unpaired) electrons. The summed E-state index contributed by atoms with van der Waals surface area (Å²) in [6.45, 7) is 7.20. The van der Waals surface area contributed by atoms with Gasteiger partial charge in [-0.3, -0.25) is 0 Å². The summed E-state index contributed by atoms with van der Waals surface area (Å²) in [5, 5.41) is 3.78. The molecule has 0 amide bonds. The van der Waals surface area contributed by atoms with E-state index in [-0.39, 0.29) is 0 Å². The standard InChI is InChI=1S/C12H16ClNO/c1-8-5-11(8)12-4-3-10(15-12)7-14-6-9(2)13/h3-4,8,11,14H,2,5-7H2,1H3. The van der Waals surface area contributed by atoms with Crippen molar-refractivity contribution in [2.45, 2.75) is 25.8 Å². The van der Waals surface area contributed by atoms with E-state index < -0.39 is 0 Å². The van der Waals surface area contributed by atoms with Crippen molar-refractivity contribution in [3.05, 3.63) is 35.3 Å². The summed E-state index contributed by atoms with van der Waals surface area (Å²) >= 11 is 5.64. The van der Waals surface area contributed by atoms with Gasteiger partial charge in [-0.05, 0) is 24.5 Å². The van der Waals surface area contributed by atoms with Crippen molar-refractivity contribution < 1.29 is 4.42 Å². The average Bonchev–Trinajstić information content (AvgIpc) is 2.73. The van der Waals surface area contributed by atoms with Crippen LogP contribution in [0, 0.1) is 5.92 Å². The number of hydrogen-bond donors (Lipinski definition) is 1. The van der Waals surface area contributed by atoms with E-state index in [1.807, 2.05) is 6.07 Å². The third-order valence-corrected chi connectivity index (χ3v) is 2.91. The number of halogens is 1. The second-order valence-electron chi connectivity index (χ2n) is 4.24. The van der Waals surface area contributed by atoms with E-state index in [1.165, 1.54) is 6.42 Å². The van der Waals surface area contributed by atoms with E-state index in [1.54, 1.807) is 0 Å². The van der Waals surface area contributed by atoms with E-state index in [4.69, 9.17) is 16.0 Å². The Morgan fingerprint density at radius 3 is 3.00 bits per heavy atom. The maximum absolute atomic E-state index is 5.72. The average molecular weight is 226 g/mol. The van der Waals surface area contributed by atoms with E-state index in [0.29, 0.717) is 24.0 Å². The third kappa shape index (κ3) is 2.86. The van der Waals surface area contributed by atoms with Crippen LogP contribution in [-0.4, -0.2) is 6.54 Å². The van der Waals surface area contributed by atoms with Gasteiger partial charge in [-0.1, -0.05) is 25.1 Å². The molecule has 0 aliphatic heterocycles. The highest BCUT2D eigenvalue weighted by Crippen LogP contribution is 2.47. The monoisotopic (exact) mass is 225 g/mol. The Hall–Kier alpha value is -0.730. The van der Waals surface area contributed by atoms with E-state index in [2.05, 4.69) is 24.9 Å². The summed E-state index contributed by atoms with van der Waals surface area (Å²) in [5.74, 6) is 3.55. The van der Waals surface area contributed by atoms with Crippen LogP contribution in [0.2, 0.25) is 0 Å². The van der Waals surface area contributed by atoms with Gasteiger partial charge in [0, 0.05) is 17.5 Å². The summed E-state index contributed by atoms with van der Waals surface area (Å²) < 4.78 is 5.72. The third-order valence-electron chi connectivity index (χ3n) is 2.77. The molecule has 1 fully saturated rings. The van der Waals surface area contributed by atoms with Gasteiger partial charge >= 0.3 is 0 Å². The molecule has 1 aliphatic carbocycles. The number of furan rings is 1. The van der Waals surface area contributed by atoms with Crippen LogP contribution in [0.15, 0.2) is 28.2 Å². The van der Waals surface area contributed by atoms with Crippen molar-refractivity contribution in [1.82, 2.24) is 5.32 Å². The fourth-order valence-corrected chi connectivity index (χ4v) is 1.82. The minimum absolute atomic E-state index is 0.622. The first-order valence-electron chi connectivity index (χ1n) is 5.29. The summed E-state index contributed by atoms with van der Waals surface area (Å²) in [7, 11) is 0. The topological polar surface area (TPSA) is 25.2 Å². The molecule has 0 bridgehead atoms. The minimum Gasteiger partial charge on any atom is -0.464 e. The Morgan fingerprint density at radius 2 is 2.40 bits per heavy atom. The van der Waals surface area contributed by atoms with Gasteiger partial charge in [0.1, 0.15) is 11.5 Å². The summed E-state index contributed by atoms with van der Waals surface area (Å²) in [4.78, 5) is 0. The first-order valence-corrected chi connectivity index (χ1v) is 5.67. The number of hydrogen-bond acceptors (Lipinski definition) is 2.